The molecule has 0 aliphatic carbocycles. The van der Waals surface area contributed by atoms with Crippen molar-refractivity contribution in [1.29, 1.82) is 0 Å². The van der Waals surface area contributed by atoms with Gasteiger partial charge in [-0.15, -0.1) is 11.6 Å². The number of phenolic OH excluding ortho intramolecular Hbond substituents is 1. The van der Waals surface area contributed by atoms with E-state index < -0.39 is 11.7 Å². The quantitative estimate of drug-likeness (QED) is 0.811. The molecule has 2 N–H and O–H groups in total. The van der Waals surface area contributed by atoms with E-state index in [9.17, 15) is 14.3 Å². The molecule has 1 atom stereocenters. The first-order valence-electron chi connectivity index (χ1n) is 5.79. The molecule has 1 rings (SSSR count). The number of alkyl halides is 1. The molecular formula is C13H17ClFNO2. The number of phenols is 1. The number of halogens is 2. The highest BCUT2D eigenvalue weighted by Gasteiger charge is 2.17. The largest absolute Gasteiger partial charge is 0.507 e. The maximum atomic E-state index is 12.8. The van der Waals surface area contributed by atoms with Gasteiger partial charge in [0, 0.05) is 18.0 Å². The second kappa shape index (κ2) is 6.59. The minimum atomic E-state index is -0.583. The van der Waals surface area contributed by atoms with E-state index in [2.05, 4.69) is 5.32 Å². The Bertz CT molecular complexity index is 423. The second-order valence-corrected chi connectivity index (χ2v) is 4.92. The summed E-state index contributed by atoms with van der Waals surface area (Å²) in [6.07, 6.45) is 0.747. The number of nitrogens with one attached hydrogen (secondary N) is 1. The zero-order valence-corrected chi connectivity index (χ0v) is 11.2. The molecule has 0 bridgehead atoms. The molecular weight excluding hydrogens is 257 g/mol. The van der Waals surface area contributed by atoms with Crippen LogP contribution in [0.15, 0.2) is 18.2 Å². The van der Waals surface area contributed by atoms with Gasteiger partial charge in [-0.3, -0.25) is 4.79 Å². The molecule has 18 heavy (non-hydrogen) atoms. The Balaban J connectivity index is 2.74. The van der Waals surface area contributed by atoms with Crippen molar-refractivity contribution in [3.05, 3.63) is 29.6 Å². The molecule has 0 spiro atoms. The van der Waals surface area contributed by atoms with Crippen molar-refractivity contribution in [1.82, 2.24) is 5.32 Å². The SMILES string of the molecule is CC(C)CC(CCl)NC(=O)c1ccc(F)cc1O. The number of carbonyl (C=O) groups excluding carboxylic acids is 1. The predicted octanol–water partition coefficient (Wildman–Crippen LogP) is 2.91. The zero-order chi connectivity index (χ0) is 13.7. The lowest BCUT2D eigenvalue weighted by atomic mass is 10.0. The van der Waals surface area contributed by atoms with E-state index in [1.807, 2.05) is 13.8 Å². The van der Waals surface area contributed by atoms with E-state index in [-0.39, 0.29) is 17.4 Å². The second-order valence-electron chi connectivity index (χ2n) is 4.62. The zero-order valence-electron chi connectivity index (χ0n) is 10.4. The molecule has 100 valence electrons. The first-order valence-corrected chi connectivity index (χ1v) is 6.32. The first kappa shape index (κ1) is 14.8. The Morgan fingerprint density at radius 2 is 2.17 bits per heavy atom. The Morgan fingerprint density at radius 3 is 2.67 bits per heavy atom. The maximum absolute atomic E-state index is 12.8. The minimum absolute atomic E-state index is 0.0512. The van der Waals surface area contributed by atoms with Crippen LogP contribution in [0, 0.1) is 11.7 Å². The lowest BCUT2D eigenvalue weighted by Gasteiger charge is -2.18. The normalized spacial score (nSPS) is 12.5. The van der Waals surface area contributed by atoms with Gasteiger partial charge in [-0.2, -0.15) is 0 Å². The smallest absolute Gasteiger partial charge is 0.255 e. The Labute approximate surface area is 111 Å². The number of rotatable bonds is 5. The molecule has 3 nitrogen and oxygen atoms in total. The molecule has 0 saturated heterocycles. The molecule has 0 saturated carbocycles. The summed E-state index contributed by atoms with van der Waals surface area (Å²) in [5, 5.41) is 12.2. The summed E-state index contributed by atoms with van der Waals surface area (Å²) in [7, 11) is 0. The van der Waals surface area contributed by atoms with Crippen LogP contribution in [0.2, 0.25) is 0 Å². The summed E-state index contributed by atoms with van der Waals surface area (Å²) >= 11 is 5.77. The van der Waals surface area contributed by atoms with Crippen LogP contribution in [0.5, 0.6) is 5.75 Å². The summed E-state index contributed by atoms with van der Waals surface area (Å²) in [5.74, 6) is -0.702. The average molecular weight is 274 g/mol. The Morgan fingerprint density at radius 1 is 1.50 bits per heavy atom. The summed E-state index contributed by atoms with van der Waals surface area (Å²) in [4.78, 5) is 11.9. The van der Waals surface area contributed by atoms with Crippen LogP contribution in [-0.4, -0.2) is 22.9 Å². The molecule has 0 aliphatic heterocycles. The topological polar surface area (TPSA) is 49.3 Å². The molecule has 1 unspecified atom stereocenters. The summed E-state index contributed by atoms with van der Waals surface area (Å²) in [6, 6.07) is 3.13. The molecule has 0 aliphatic rings. The van der Waals surface area contributed by atoms with E-state index in [1.165, 1.54) is 6.07 Å². The van der Waals surface area contributed by atoms with Crippen molar-refractivity contribution >= 4 is 17.5 Å². The van der Waals surface area contributed by atoms with Gasteiger partial charge in [0.15, 0.2) is 0 Å². The van der Waals surface area contributed by atoms with Crippen LogP contribution in [0.4, 0.5) is 4.39 Å². The molecule has 0 fully saturated rings. The Hall–Kier alpha value is -1.29. The fourth-order valence-electron chi connectivity index (χ4n) is 1.69. The first-order chi connectivity index (χ1) is 8.43. The summed E-state index contributed by atoms with van der Waals surface area (Å²) in [5.41, 5.74) is 0.0512. The summed E-state index contributed by atoms with van der Waals surface area (Å²) in [6.45, 7) is 4.06. The third-order valence-corrected chi connectivity index (χ3v) is 2.85. The van der Waals surface area contributed by atoms with Crippen LogP contribution in [0.1, 0.15) is 30.6 Å². The van der Waals surface area contributed by atoms with Gasteiger partial charge < -0.3 is 10.4 Å². The maximum Gasteiger partial charge on any atom is 0.255 e. The molecule has 0 heterocycles. The van der Waals surface area contributed by atoms with Crippen LogP contribution in [0.3, 0.4) is 0 Å². The van der Waals surface area contributed by atoms with E-state index in [1.54, 1.807) is 0 Å². The molecule has 1 aromatic rings. The molecule has 1 aromatic carbocycles. The number of carbonyl (C=O) groups is 1. The molecule has 0 aromatic heterocycles. The fraction of sp³-hybridized carbons (Fsp3) is 0.462. The van der Waals surface area contributed by atoms with Gasteiger partial charge in [0.05, 0.1) is 5.56 Å². The van der Waals surface area contributed by atoms with Crippen LogP contribution in [-0.2, 0) is 0 Å². The van der Waals surface area contributed by atoms with Crippen LogP contribution < -0.4 is 5.32 Å². The van der Waals surface area contributed by atoms with Gasteiger partial charge in [0.25, 0.3) is 5.91 Å². The highest BCUT2D eigenvalue weighted by atomic mass is 35.5. The summed E-state index contributed by atoms with van der Waals surface area (Å²) < 4.78 is 12.8. The van der Waals surface area contributed by atoms with Crippen molar-refractivity contribution in [3.63, 3.8) is 0 Å². The number of amides is 1. The van der Waals surface area contributed by atoms with Crippen LogP contribution in [0.25, 0.3) is 0 Å². The van der Waals surface area contributed by atoms with E-state index in [0.29, 0.717) is 11.8 Å². The van der Waals surface area contributed by atoms with E-state index in [0.717, 1.165) is 18.6 Å². The van der Waals surface area contributed by atoms with Gasteiger partial charge in [0.2, 0.25) is 0 Å². The fourth-order valence-corrected chi connectivity index (χ4v) is 1.89. The van der Waals surface area contributed by atoms with Crippen molar-refractivity contribution < 1.29 is 14.3 Å². The highest BCUT2D eigenvalue weighted by molar-refractivity contribution is 6.18. The number of hydrogen-bond donors (Lipinski definition) is 2. The molecule has 1 amide bonds. The number of aromatic hydroxyl groups is 1. The van der Waals surface area contributed by atoms with E-state index >= 15 is 0 Å². The average Bonchev–Trinajstić information content (AvgIpc) is 2.27. The molecule has 5 heteroatoms. The lowest BCUT2D eigenvalue weighted by molar-refractivity contribution is 0.0934. The highest BCUT2D eigenvalue weighted by Crippen LogP contribution is 2.18. The van der Waals surface area contributed by atoms with Gasteiger partial charge in [-0.05, 0) is 24.5 Å². The Kier molecular flexibility index (Phi) is 5.41. The standard InChI is InChI=1S/C13H17ClFNO2/c1-8(2)5-10(7-14)16-13(18)11-4-3-9(15)6-12(11)17/h3-4,6,8,10,17H,5,7H2,1-2H3,(H,16,18). The van der Waals surface area contributed by atoms with Crippen LogP contribution >= 0.6 is 11.6 Å². The third kappa shape index (κ3) is 4.18. The number of hydrogen-bond acceptors (Lipinski definition) is 2. The van der Waals surface area contributed by atoms with Gasteiger partial charge in [-0.1, -0.05) is 13.8 Å². The van der Waals surface area contributed by atoms with Gasteiger partial charge in [-0.25, -0.2) is 4.39 Å². The van der Waals surface area contributed by atoms with E-state index in [4.69, 9.17) is 11.6 Å². The predicted molar refractivity (Wildman–Crippen MR) is 69.5 cm³/mol. The lowest BCUT2D eigenvalue weighted by Crippen LogP contribution is -2.37. The van der Waals surface area contributed by atoms with Crippen molar-refractivity contribution in [2.75, 3.05) is 5.88 Å². The minimum Gasteiger partial charge on any atom is -0.507 e. The van der Waals surface area contributed by atoms with Crippen molar-refractivity contribution in [2.24, 2.45) is 5.92 Å². The molecule has 0 radical (unpaired) electrons. The third-order valence-electron chi connectivity index (χ3n) is 2.48. The number of benzene rings is 1. The van der Waals surface area contributed by atoms with Gasteiger partial charge >= 0.3 is 0 Å². The van der Waals surface area contributed by atoms with Gasteiger partial charge in [0.1, 0.15) is 11.6 Å². The monoisotopic (exact) mass is 273 g/mol. The van der Waals surface area contributed by atoms with Crippen molar-refractivity contribution in [3.8, 4) is 5.75 Å². The van der Waals surface area contributed by atoms with Crippen molar-refractivity contribution in [2.45, 2.75) is 26.3 Å².